The lowest BCUT2D eigenvalue weighted by Gasteiger charge is -2.33. The van der Waals surface area contributed by atoms with Gasteiger partial charge in [-0.25, -0.2) is 4.98 Å². The fourth-order valence-electron chi connectivity index (χ4n) is 4.37. The Morgan fingerprint density at radius 3 is 2.84 bits per heavy atom. The lowest BCUT2D eigenvalue weighted by Crippen LogP contribution is -2.36. The number of anilines is 1. The van der Waals surface area contributed by atoms with Crippen LogP contribution in [-0.4, -0.2) is 38.2 Å². The maximum atomic E-state index is 12.4. The zero-order chi connectivity index (χ0) is 22.3. The van der Waals surface area contributed by atoms with Crippen LogP contribution in [0.25, 0.3) is 10.9 Å². The van der Waals surface area contributed by atoms with E-state index in [4.69, 9.17) is 14.5 Å². The third-order valence-electron chi connectivity index (χ3n) is 6.13. The number of aromatic nitrogens is 1. The van der Waals surface area contributed by atoms with Crippen molar-refractivity contribution in [3.8, 4) is 11.5 Å². The average Bonchev–Trinajstić information content (AvgIpc) is 2.85. The second-order valence-electron chi connectivity index (χ2n) is 8.32. The van der Waals surface area contributed by atoms with E-state index in [0.29, 0.717) is 18.9 Å². The lowest BCUT2D eigenvalue weighted by atomic mass is 9.93. The molecule has 1 atom stereocenters. The molecule has 168 valence electrons. The number of nitrogens with zero attached hydrogens (tertiary/aromatic N) is 2. The molecule has 0 spiro atoms. The van der Waals surface area contributed by atoms with Crippen LogP contribution in [0, 0.1) is 5.92 Å². The predicted molar refractivity (Wildman–Crippen MR) is 127 cm³/mol. The largest absolute Gasteiger partial charge is 0.497 e. The van der Waals surface area contributed by atoms with E-state index in [9.17, 15) is 4.79 Å². The zero-order valence-corrected chi connectivity index (χ0v) is 18.8. The molecule has 1 amide bonds. The number of pyridine rings is 1. The molecule has 6 nitrogen and oxygen atoms in total. The van der Waals surface area contributed by atoms with Crippen molar-refractivity contribution in [1.82, 2.24) is 10.3 Å². The number of ether oxygens (including phenoxy) is 2. The van der Waals surface area contributed by atoms with Gasteiger partial charge in [-0.3, -0.25) is 4.79 Å². The van der Waals surface area contributed by atoms with Gasteiger partial charge in [-0.2, -0.15) is 0 Å². The molecule has 0 bridgehead atoms. The summed E-state index contributed by atoms with van der Waals surface area (Å²) < 4.78 is 10.7. The SMILES string of the molecule is COc1cccc(CNC(=O)CC[C@@H]2CCCN(c3ccc4cccc(OC)c4n3)C2)c1. The highest BCUT2D eigenvalue weighted by Crippen LogP contribution is 2.29. The molecular formula is C26H31N3O3. The van der Waals surface area contributed by atoms with Crippen molar-refractivity contribution in [3.05, 3.63) is 60.2 Å². The van der Waals surface area contributed by atoms with Gasteiger partial charge in [-0.05, 0) is 61.1 Å². The van der Waals surface area contributed by atoms with Crippen molar-refractivity contribution >= 4 is 22.6 Å². The van der Waals surface area contributed by atoms with E-state index >= 15 is 0 Å². The Kier molecular flexibility index (Phi) is 7.10. The highest BCUT2D eigenvalue weighted by atomic mass is 16.5. The molecule has 0 saturated carbocycles. The summed E-state index contributed by atoms with van der Waals surface area (Å²) in [5.74, 6) is 3.17. The van der Waals surface area contributed by atoms with Crippen LogP contribution in [0.2, 0.25) is 0 Å². The Morgan fingerprint density at radius 2 is 2.00 bits per heavy atom. The van der Waals surface area contributed by atoms with Gasteiger partial charge in [0.15, 0.2) is 0 Å². The third kappa shape index (κ3) is 5.31. The number of carbonyl (C=O) groups is 1. The van der Waals surface area contributed by atoms with Crippen LogP contribution in [-0.2, 0) is 11.3 Å². The third-order valence-corrected chi connectivity index (χ3v) is 6.13. The number of rotatable bonds is 8. The second kappa shape index (κ2) is 10.4. The Bertz CT molecular complexity index is 1070. The highest BCUT2D eigenvalue weighted by molar-refractivity contribution is 5.86. The van der Waals surface area contributed by atoms with Crippen molar-refractivity contribution in [3.63, 3.8) is 0 Å². The van der Waals surface area contributed by atoms with Crippen molar-refractivity contribution in [1.29, 1.82) is 0 Å². The number of fused-ring (bicyclic) bond motifs is 1. The van der Waals surface area contributed by atoms with Crippen LogP contribution in [0.1, 0.15) is 31.2 Å². The molecular weight excluding hydrogens is 402 g/mol. The second-order valence-corrected chi connectivity index (χ2v) is 8.32. The molecule has 0 radical (unpaired) electrons. The summed E-state index contributed by atoms with van der Waals surface area (Å²) in [5, 5.41) is 4.11. The molecule has 0 aliphatic carbocycles. The molecule has 3 aromatic rings. The average molecular weight is 434 g/mol. The van der Waals surface area contributed by atoms with Gasteiger partial charge in [0.1, 0.15) is 22.8 Å². The quantitative estimate of drug-likeness (QED) is 0.564. The van der Waals surface area contributed by atoms with Crippen molar-refractivity contribution < 1.29 is 14.3 Å². The van der Waals surface area contributed by atoms with Gasteiger partial charge in [0.05, 0.1) is 14.2 Å². The first-order valence-electron chi connectivity index (χ1n) is 11.2. The number of para-hydroxylation sites is 1. The van der Waals surface area contributed by atoms with Gasteiger partial charge >= 0.3 is 0 Å². The van der Waals surface area contributed by atoms with E-state index in [2.05, 4.69) is 28.4 Å². The number of benzene rings is 2. The number of nitrogens with one attached hydrogen (secondary N) is 1. The van der Waals surface area contributed by atoms with Gasteiger partial charge < -0.3 is 19.7 Å². The van der Waals surface area contributed by atoms with Gasteiger partial charge in [0.2, 0.25) is 5.91 Å². The number of hydrogen-bond acceptors (Lipinski definition) is 5. The maximum absolute atomic E-state index is 12.4. The van der Waals surface area contributed by atoms with E-state index in [0.717, 1.165) is 66.1 Å². The van der Waals surface area contributed by atoms with E-state index < -0.39 is 0 Å². The van der Waals surface area contributed by atoms with Crippen molar-refractivity contribution in [2.45, 2.75) is 32.2 Å². The summed E-state index contributed by atoms with van der Waals surface area (Å²) in [6, 6.07) is 18.0. The van der Waals surface area contributed by atoms with Gasteiger partial charge in [0, 0.05) is 31.4 Å². The summed E-state index contributed by atoms with van der Waals surface area (Å²) in [5.41, 5.74) is 1.94. The van der Waals surface area contributed by atoms with Gasteiger partial charge in [-0.15, -0.1) is 0 Å². The highest BCUT2D eigenvalue weighted by Gasteiger charge is 2.22. The smallest absolute Gasteiger partial charge is 0.220 e. The van der Waals surface area contributed by atoms with Crippen LogP contribution in [0.3, 0.4) is 0 Å². The van der Waals surface area contributed by atoms with Crippen LogP contribution in [0.5, 0.6) is 11.5 Å². The maximum Gasteiger partial charge on any atom is 0.220 e. The number of amides is 1. The van der Waals surface area contributed by atoms with E-state index in [1.165, 1.54) is 0 Å². The molecule has 1 N–H and O–H groups in total. The van der Waals surface area contributed by atoms with E-state index in [-0.39, 0.29) is 5.91 Å². The minimum Gasteiger partial charge on any atom is -0.497 e. The predicted octanol–water partition coefficient (Wildman–Crippen LogP) is 4.57. The number of carbonyl (C=O) groups excluding carboxylic acids is 1. The van der Waals surface area contributed by atoms with Crippen LogP contribution in [0.4, 0.5) is 5.82 Å². The number of piperidine rings is 1. The minimum absolute atomic E-state index is 0.0958. The van der Waals surface area contributed by atoms with E-state index in [1.807, 2.05) is 36.4 Å². The molecule has 1 aliphatic rings. The molecule has 0 unspecified atom stereocenters. The van der Waals surface area contributed by atoms with Gasteiger partial charge in [-0.1, -0.05) is 24.3 Å². The molecule has 1 saturated heterocycles. The summed E-state index contributed by atoms with van der Waals surface area (Å²) in [7, 11) is 3.33. The van der Waals surface area contributed by atoms with E-state index in [1.54, 1.807) is 14.2 Å². The summed E-state index contributed by atoms with van der Waals surface area (Å²) in [6.45, 7) is 2.44. The molecule has 1 aliphatic heterocycles. The summed E-state index contributed by atoms with van der Waals surface area (Å²) in [4.78, 5) is 19.6. The first kappa shape index (κ1) is 21.9. The molecule has 1 fully saturated rings. The first-order chi connectivity index (χ1) is 15.7. The lowest BCUT2D eigenvalue weighted by molar-refractivity contribution is -0.121. The first-order valence-corrected chi connectivity index (χ1v) is 11.2. The Morgan fingerprint density at radius 1 is 1.12 bits per heavy atom. The monoisotopic (exact) mass is 433 g/mol. The topological polar surface area (TPSA) is 63.7 Å². The minimum atomic E-state index is 0.0958. The number of hydrogen-bond donors (Lipinski definition) is 1. The Balaban J connectivity index is 1.31. The Hall–Kier alpha value is -3.28. The van der Waals surface area contributed by atoms with Crippen LogP contribution < -0.4 is 19.7 Å². The molecule has 32 heavy (non-hydrogen) atoms. The normalized spacial score (nSPS) is 16.1. The summed E-state index contributed by atoms with van der Waals surface area (Å²) in [6.07, 6.45) is 3.69. The molecule has 2 heterocycles. The van der Waals surface area contributed by atoms with Crippen molar-refractivity contribution in [2.24, 2.45) is 5.92 Å². The molecule has 4 rings (SSSR count). The van der Waals surface area contributed by atoms with Gasteiger partial charge in [0.25, 0.3) is 0 Å². The molecule has 6 heteroatoms. The fourth-order valence-corrected chi connectivity index (χ4v) is 4.37. The van der Waals surface area contributed by atoms with Crippen LogP contribution in [0.15, 0.2) is 54.6 Å². The standard InChI is InChI=1S/C26H31N3O3/c1-31-22-9-3-6-20(16-22)17-27-25(30)14-11-19-7-5-15-29(18-19)24-13-12-21-8-4-10-23(32-2)26(21)28-24/h3-4,6,8-10,12-13,16,19H,5,7,11,14-15,17-18H2,1-2H3,(H,27,30)/t19-/m0/s1. The molecule has 2 aromatic carbocycles. The fraction of sp³-hybridized carbons (Fsp3) is 0.385. The number of methoxy groups -OCH3 is 2. The zero-order valence-electron chi connectivity index (χ0n) is 18.8. The summed E-state index contributed by atoms with van der Waals surface area (Å²) >= 11 is 0. The Labute approximate surface area is 189 Å². The van der Waals surface area contributed by atoms with Crippen LogP contribution >= 0.6 is 0 Å². The van der Waals surface area contributed by atoms with Crippen molar-refractivity contribution in [2.75, 3.05) is 32.2 Å². The molecule has 1 aromatic heterocycles.